The second-order valence-electron chi connectivity index (χ2n) is 0. The van der Waals surface area contributed by atoms with E-state index in [1.807, 2.05) is 0 Å². The van der Waals surface area contributed by atoms with Crippen LogP contribution in [0.25, 0.3) is 0 Å². The number of halogens is 5. The van der Waals surface area contributed by atoms with Gasteiger partial charge in [-0.05, 0) is 0 Å². The van der Waals surface area contributed by atoms with E-state index in [0.717, 1.165) is 0 Å². The molecule has 0 saturated heterocycles. The fourth-order valence-electron chi connectivity index (χ4n) is 0. The van der Waals surface area contributed by atoms with Crippen molar-refractivity contribution in [1.82, 2.24) is 0 Å². The first kappa shape index (κ1) is 61.8. The van der Waals surface area contributed by atoms with Crippen LogP contribution in [0, 0.1) is 0 Å². The predicted molar refractivity (Wildman–Crippen MR) is 11.5 cm³/mol. The molecule has 42 valence electrons. The van der Waals surface area contributed by atoms with Crippen molar-refractivity contribution >= 4 is 65.0 Å². The molecule has 8 heteroatoms. The largest absolute Gasteiger partial charge is 2.00 e. The zero-order chi connectivity index (χ0) is 0. The summed E-state index contributed by atoms with van der Waals surface area (Å²) in [6.07, 6.45) is 0. The molecule has 8 heavy (non-hydrogen) atoms. The minimum absolute atomic E-state index is 0. The molecule has 0 aromatic rings. The molecule has 0 atom stereocenters. The average Bonchev–Trinajstić information content (AvgIpc) is 0. The maximum Gasteiger partial charge on any atom is 2.00 e. The van der Waals surface area contributed by atoms with E-state index in [-0.39, 0.29) is 219 Å². The van der Waals surface area contributed by atoms with Gasteiger partial charge in [0.2, 0.25) is 0 Å². The van der Waals surface area contributed by atoms with Crippen molar-refractivity contribution in [3.8, 4) is 0 Å². The molecule has 0 aromatic heterocycles. The third kappa shape index (κ3) is 38.9. The first-order valence-electron chi connectivity index (χ1n) is 0. The van der Waals surface area contributed by atoms with Crippen LogP contribution >= 0.6 is 0 Å². The fraction of sp³-hybridized carbons (Fsp3) is 0. The zero-order valence-electron chi connectivity index (χ0n) is 4.10. The van der Waals surface area contributed by atoms with E-state index in [1.54, 1.807) is 0 Å². The number of rotatable bonds is 0. The molecule has 0 aromatic carbocycles. The van der Waals surface area contributed by atoms with Gasteiger partial charge in [0, 0.05) is 0 Å². The Bertz CT molecular complexity index is 12.4. The summed E-state index contributed by atoms with van der Waals surface area (Å²) in [5, 5.41) is 0. The summed E-state index contributed by atoms with van der Waals surface area (Å²) in [5.74, 6) is 0. The molecule has 0 N–H and O–H groups in total. The Kier molecular flexibility index (Phi) is 382. The van der Waals surface area contributed by atoms with E-state index < -0.39 is 0 Å². The second kappa shape index (κ2) is 49.4. The van der Waals surface area contributed by atoms with Gasteiger partial charge in [-0.2, -0.15) is 0 Å². The molecule has 0 nitrogen and oxygen atoms in total. The third-order valence-corrected chi connectivity index (χ3v) is 0. The van der Waals surface area contributed by atoms with Crippen molar-refractivity contribution in [3.63, 3.8) is 0 Å². The van der Waals surface area contributed by atoms with Crippen LogP contribution in [0.4, 0.5) is 0 Å². The van der Waals surface area contributed by atoms with Crippen molar-refractivity contribution in [2.24, 2.45) is 0 Å². The first-order chi connectivity index (χ1) is 0. The predicted octanol–water partition coefficient (Wildman–Crippen LogP) is -18.7. The van der Waals surface area contributed by atoms with Gasteiger partial charge >= 0.3 is 134 Å². The maximum absolute atomic E-state index is 0. The molecule has 0 saturated carbocycles. The number of hydrogen-bond acceptors (Lipinski definition) is 0. The molecule has 0 aliphatic carbocycles. The normalized spacial score (nSPS) is 0. The van der Waals surface area contributed by atoms with Crippen molar-refractivity contribution in [2.75, 3.05) is 0 Å². The second-order valence-corrected chi connectivity index (χ2v) is 0. The van der Waals surface area contributed by atoms with Gasteiger partial charge in [-0.25, -0.2) is 0 Å². The fourth-order valence-corrected chi connectivity index (χ4v) is 0. The summed E-state index contributed by atoms with van der Waals surface area (Å²) in [5.41, 5.74) is 0. The molecule has 2 radical (unpaired) electrons. The summed E-state index contributed by atoms with van der Waals surface area (Å²) < 4.78 is 0. The van der Waals surface area contributed by atoms with Crippen LogP contribution in [0.3, 0.4) is 0 Å². The average molecular weight is 780 g/mol. The van der Waals surface area contributed by atoms with Gasteiger partial charge in [0.25, 0.3) is 0 Å². The van der Waals surface area contributed by atoms with Crippen LogP contribution in [0.5, 0.6) is 0 Å². The van der Waals surface area contributed by atoms with Gasteiger partial charge in [-0.1, -0.05) is 0 Å². The molecule has 0 bridgehead atoms. The quantitative estimate of drug-likeness (QED) is 0.215. The summed E-state index contributed by atoms with van der Waals surface area (Å²) >= 11 is 0. The monoisotopic (exact) mass is 775 g/mol. The summed E-state index contributed by atoms with van der Waals surface area (Å²) in [4.78, 5) is 0. The smallest absolute Gasteiger partial charge is 1.00 e. The molecule has 0 rings (SSSR count). The van der Waals surface area contributed by atoms with Crippen molar-refractivity contribution in [3.05, 3.63) is 0 Å². The minimum atomic E-state index is 0. The number of hydrogen-bond donors (Lipinski definition) is 0. The van der Waals surface area contributed by atoms with Gasteiger partial charge in [0.05, 0.1) is 0 Å². The van der Waals surface area contributed by atoms with E-state index in [0.29, 0.717) is 0 Å². The van der Waals surface area contributed by atoms with Crippen LogP contribution in [-0.2, 0) is 0 Å². The van der Waals surface area contributed by atoms with Gasteiger partial charge in [0.15, 0.2) is 0 Å². The van der Waals surface area contributed by atoms with E-state index in [4.69, 9.17) is 0 Å². The third-order valence-electron chi connectivity index (χ3n) is 0. The van der Waals surface area contributed by atoms with Gasteiger partial charge in [-0.15, -0.1) is 0 Å². The zero-order valence-corrected chi connectivity index (χ0v) is 24.4. The maximum atomic E-state index is 0. The van der Waals surface area contributed by atoms with E-state index >= 15 is 0 Å². The molecule has 0 aliphatic heterocycles. The van der Waals surface area contributed by atoms with Gasteiger partial charge in [0.1, 0.15) is 0 Å². The standard InChI is InChI=1S/5BrH.Ca.Cs.Pb/h5*1H;;;/q;;;;;+2;+1;+2/p-5. The Labute approximate surface area is 212 Å². The molecule has 0 spiro atoms. The molecule has 0 unspecified atom stereocenters. The Morgan fingerprint density at radius 2 is 0.500 bits per heavy atom. The van der Waals surface area contributed by atoms with Crippen LogP contribution in [-0.4, -0.2) is 65.0 Å². The Morgan fingerprint density at radius 1 is 0.500 bits per heavy atom. The Hall–Kier alpha value is 6.63. The van der Waals surface area contributed by atoms with Crippen LogP contribution in [0.1, 0.15) is 0 Å². The molecule has 0 heterocycles. The van der Waals surface area contributed by atoms with Gasteiger partial charge < -0.3 is 84.9 Å². The Morgan fingerprint density at radius 3 is 0.500 bits per heavy atom. The molecule has 0 aliphatic rings. The molecular weight excluding hydrogens is 780 g/mol. The van der Waals surface area contributed by atoms with E-state index in [2.05, 4.69) is 0 Å². The topological polar surface area (TPSA) is 0 Å². The van der Waals surface area contributed by atoms with Crippen molar-refractivity contribution in [2.45, 2.75) is 0 Å². The summed E-state index contributed by atoms with van der Waals surface area (Å²) in [7, 11) is 0. The van der Waals surface area contributed by atoms with Crippen LogP contribution in [0.2, 0.25) is 0 Å². The SMILES string of the molecule is [Br-].[Br-].[Br-].[Br-].[Br-].[Ca+2].[Cs+].[Pb+2]. The van der Waals surface area contributed by atoms with E-state index in [9.17, 15) is 0 Å². The van der Waals surface area contributed by atoms with Crippen LogP contribution < -0.4 is 154 Å². The molecule has 0 amide bonds. The van der Waals surface area contributed by atoms with Crippen molar-refractivity contribution in [1.29, 1.82) is 0 Å². The summed E-state index contributed by atoms with van der Waals surface area (Å²) in [6, 6.07) is 0. The summed E-state index contributed by atoms with van der Waals surface area (Å²) in [6.45, 7) is 0. The van der Waals surface area contributed by atoms with Crippen molar-refractivity contribution < 1.29 is 154 Å². The minimum Gasteiger partial charge on any atom is -1.00 e. The molecular formula is Br5CaCsPb. The first-order valence-corrected chi connectivity index (χ1v) is 0. The molecule has 0 fully saturated rings. The van der Waals surface area contributed by atoms with E-state index in [1.165, 1.54) is 0 Å². The van der Waals surface area contributed by atoms with Gasteiger partial charge in [-0.3, -0.25) is 0 Å². The van der Waals surface area contributed by atoms with Crippen LogP contribution in [0.15, 0.2) is 0 Å². The Balaban J connectivity index is 0.